The number of nitrogens with zero attached hydrogens (tertiary/aromatic N) is 4. The Labute approximate surface area is 352 Å². The summed E-state index contributed by atoms with van der Waals surface area (Å²) < 4.78 is 22.7. The number of rotatable bonds is 8. The molecule has 5 atom stereocenters. The van der Waals surface area contributed by atoms with Gasteiger partial charge in [0.25, 0.3) is 0 Å². The summed E-state index contributed by atoms with van der Waals surface area (Å²) in [4.78, 5) is 38.2. The Balaban J connectivity index is 1.31. The number of pyridine rings is 1. The highest BCUT2D eigenvalue weighted by Crippen LogP contribution is 2.69. The fourth-order valence-electron chi connectivity index (χ4n) is 11.1. The molecular formula is C46H47Cl2FN6O4. The van der Waals surface area contributed by atoms with Gasteiger partial charge in [-0.1, -0.05) is 110 Å². The zero-order valence-corrected chi connectivity index (χ0v) is 34.5. The van der Waals surface area contributed by atoms with Gasteiger partial charge in [-0.2, -0.15) is 0 Å². The third kappa shape index (κ3) is 6.56. The van der Waals surface area contributed by atoms with Crippen LogP contribution in [0.2, 0.25) is 10.2 Å². The summed E-state index contributed by atoms with van der Waals surface area (Å²) in [6.45, 7) is 4.43. The van der Waals surface area contributed by atoms with E-state index < -0.39 is 40.9 Å². The molecule has 3 aromatic carbocycles. The molecule has 0 radical (unpaired) electrons. The van der Waals surface area contributed by atoms with Crippen molar-refractivity contribution >= 4 is 40.7 Å². The molecule has 13 heteroatoms. The molecule has 59 heavy (non-hydrogen) atoms. The number of likely N-dealkylation sites (tertiary alicyclic amines) is 1. The molecule has 0 unspecified atom stereocenters. The number of halogens is 3. The number of carbonyl (C=O) groups excluding carboxylic acids is 2. The van der Waals surface area contributed by atoms with Crippen molar-refractivity contribution in [2.45, 2.75) is 112 Å². The summed E-state index contributed by atoms with van der Waals surface area (Å²) in [6, 6.07) is 23.2. The van der Waals surface area contributed by atoms with Gasteiger partial charge in [0, 0.05) is 40.9 Å². The van der Waals surface area contributed by atoms with Gasteiger partial charge >= 0.3 is 0 Å². The van der Waals surface area contributed by atoms with Gasteiger partial charge in [-0.25, -0.2) is 9.37 Å². The second kappa shape index (κ2) is 15.4. The molecule has 2 aliphatic heterocycles. The SMILES string of the molecule is CC1(C)CCC2(CC1)N([C@H](c1ccccc1)[C@@H](O)c1ccccc1)[C@@H](C(=O)NC1CCC(c3nnco3)CC1)[C@H](c1cccc(Cl)c1F)[C@]21C(=O)Nc2cc(Cl)ncc21. The first-order valence-corrected chi connectivity index (χ1v) is 21.2. The molecule has 0 bridgehead atoms. The van der Waals surface area contributed by atoms with Gasteiger partial charge < -0.3 is 20.2 Å². The Bertz CT molecular complexity index is 2330. The molecule has 10 nitrogen and oxygen atoms in total. The highest BCUT2D eigenvalue weighted by atomic mass is 35.5. The van der Waals surface area contributed by atoms with Crippen LogP contribution in [0, 0.1) is 11.2 Å². The number of benzene rings is 3. The van der Waals surface area contributed by atoms with E-state index in [1.807, 2.05) is 60.7 Å². The second-order valence-corrected chi connectivity index (χ2v) is 18.3. The maximum absolute atomic E-state index is 17.2. The number of aliphatic hydroxyl groups is 1. The molecule has 4 aliphatic rings. The van der Waals surface area contributed by atoms with Crippen LogP contribution in [0.25, 0.3) is 0 Å². The molecule has 2 aliphatic carbocycles. The summed E-state index contributed by atoms with van der Waals surface area (Å²) >= 11 is 13.2. The van der Waals surface area contributed by atoms with E-state index in [1.54, 1.807) is 24.4 Å². The number of aliphatic hydroxyl groups excluding tert-OH is 1. The van der Waals surface area contributed by atoms with Crippen molar-refractivity contribution in [1.82, 2.24) is 25.4 Å². The lowest BCUT2D eigenvalue weighted by atomic mass is 9.53. The lowest BCUT2D eigenvalue weighted by Crippen LogP contribution is -2.64. The quantitative estimate of drug-likeness (QED) is 0.132. The molecule has 3 N–H and O–H groups in total. The first kappa shape index (κ1) is 39.8. The minimum absolute atomic E-state index is 0.0700. The maximum atomic E-state index is 17.2. The maximum Gasteiger partial charge on any atom is 0.238 e. The second-order valence-electron chi connectivity index (χ2n) is 17.5. The standard InChI is InChI=1S/C46H47Cl2FN6O4/c1-44(2)20-22-45(23-21-44)46(32-25-50-35(48)24-34(32)53-43(46)58)36(31-14-9-15-33(47)37(31)49)39(41(57)52-30-18-16-29(17-19-30)42-54-51-26-59-42)55(45)38(27-10-5-3-6-11-27)40(56)28-12-7-4-8-13-28/h3-15,24-26,29-30,36,38-40,56H,16-23H2,1-2H3,(H,52,57)(H,53,58)/t29?,30?,36-,38+,39+,40-,46+/m0/s1. The highest BCUT2D eigenvalue weighted by Gasteiger charge is 2.77. The van der Waals surface area contributed by atoms with Crippen LogP contribution in [0.4, 0.5) is 10.1 Å². The predicted molar refractivity (Wildman–Crippen MR) is 222 cm³/mol. The van der Waals surface area contributed by atoms with Crippen molar-refractivity contribution in [3.8, 4) is 0 Å². The Hall–Kier alpha value is -4.68. The van der Waals surface area contributed by atoms with Gasteiger partial charge in [0.2, 0.25) is 24.1 Å². The van der Waals surface area contributed by atoms with Crippen LogP contribution in [0.15, 0.2) is 102 Å². The Morgan fingerprint density at radius 1 is 0.949 bits per heavy atom. The molecular weight excluding hydrogens is 790 g/mol. The average molecular weight is 838 g/mol. The minimum Gasteiger partial charge on any atom is -0.428 e. The summed E-state index contributed by atoms with van der Waals surface area (Å²) in [5.74, 6) is -1.91. The van der Waals surface area contributed by atoms with Gasteiger partial charge in [-0.05, 0) is 85.6 Å². The third-order valence-corrected chi connectivity index (χ3v) is 14.4. The molecule has 2 spiro atoms. The van der Waals surface area contributed by atoms with Crippen molar-refractivity contribution in [3.63, 3.8) is 0 Å². The van der Waals surface area contributed by atoms with Crippen molar-refractivity contribution in [2.75, 3.05) is 5.32 Å². The van der Waals surface area contributed by atoms with E-state index in [4.69, 9.17) is 27.6 Å². The highest BCUT2D eigenvalue weighted by molar-refractivity contribution is 6.31. The first-order chi connectivity index (χ1) is 28.4. The fourth-order valence-corrected chi connectivity index (χ4v) is 11.4. The molecule has 2 amide bonds. The zero-order chi connectivity index (χ0) is 41.1. The van der Waals surface area contributed by atoms with Crippen molar-refractivity contribution in [3.05, 3.63) is 142 Å². The van der Waals surface area contributed by atoms with E-state index in [0.29, 0.717) is 61.2 Å². The van der Waals surface area contributed by atoms with Crippen molar-refractivity contribution in [1.29, 1.82) is 0 Å². The number of carbonyl (C=O) groups is 2. The smallest absolute Gasteiger partial charge is 0.238 e. The molecule has 9 rings (SSSR count). The number of aromatic nitrogens is 3. The van der Waals surface area contributed by atoms with Gasteiger partial charge in [0.1, 0.15) is 16.4 Å². The molecule has 4 heterocycles. The van der Waals surface area contributed by atoms with E-state index in [9.17, 15) is 5.11 Å². The lowest BCUT2D eigenvalue weighted by molar-refractivity contribution is -0.137. The van der Waals surface area contributed by atoms with E-state index in [0.717, 1.165) is 18.4 Å². The normalized spacial score (nSPS) is 27.0. The summed E-state index contributed by atoms with van der Waals surface area (Å²) in [5, 5.41) is 27.6. The monoisotopic (exact) mass is 836 g/mol. The molecule has 2 saturated carbocycles. The summed E-state index contributed by atoms with van der Waals surface area (Å²) in [7, 11) is 0. The number of hydrogen-bond donors (Lipinski definition) is 3. The summed E-state index contributed by atoms with van der Waals surface area (Å²) in [5.41, 5.74) is -0.331. The lowest BCUT2D eigenvalue weighted by Gasteiger charge is -2.56. The third-order valence-electron chi connectivity index (χ3n) is 13.9. The molecule has 3 fully saturated rings. The van der Waals surface area contributed by atoms with E-state index in [2.05, 4.69) is 44.6 Å². The predicted octanol–water partition coefficient (Wildman–Crippen LogP) is 9.22. The molecule has 306 valence electrons. The van der Waals surface area contributed by atoms with Gasteiger partial charge in [0.15, 0.2) is 0 Å². The zero-order valence-electron chi connectivity index (χ0n) is 33.0. The van der Waals surface area contributed by atoms with Crippen LogP contribution >= 0.6 is 23.2 Å². The van der Waals surface area contributed by atoms with Gasteiger partial charge in [-0.15, -0.1) is 10.2 Å². The van der Waals surface area contributed by atoms with Crippen LogP contribution < -0.4 is 10.6 Å². The molecule has 2 aromatic heterocycles. The average Bonchev–Trinajstić information content (AvgIpc) is 3.94. The fraction of sp³-hybridized carbons (Fsp3) is 0.413. The van der Waals surface area contributed by atoms with Gasteiger partial charge in [-0.3, -0.25) is 14.5 Å². The van der Waals surface area contributed by atoms with Crippen LogP contribution in [-0.2, 0) is 15.0 Å². The van der Waals surface area contributed by atoms with Gasteiger partial charge in [0.05, 0.1) is 23.2 Å². The number of nitrogens with one attached hydrogen (secondary N) is 2. The van der Waals surface area contributed by atoms with E-state index in [1.165, 1.54) is 12.5 Å². The first-order valence-electron chi connectivity index (χ1n) is 20.5. The van der Waals surface area contributed by atoms with Crippen LogP contribution in [0.1, 0.15) is 117 Å². The topological polar surface area (TPSA) is 133 Å². The van der Waals surface area contributed by atoms with Crippen LogP contribution in [0.3, 0.4) is 0 Å². The largest absolute Gasteiger partial charge is 0.428 e. The van der Waals surface area contributed by atoms with Crippen LogP contribution in [-0.4, -0.2) is 54.6 Å². The van der Waals surface area contributed by atoms with E-state index in [-0.39, 0.29) is 44.9 Å². The number of amides is 2. The molecule has 5 aromatic rings. The van der Waals surface area contributed by atoms with Crippen LogP contribution in [0.5, 0.6) is 0 Å². The van der Waals surface area contributed by atoms with Crippen molar-refractivity contribution < 1.29 is 23.5 Å². The Kier molecular flexibility index (Phi) is 10.4. The molecule has 1 saturated heterocycles. The Morgan fingerprint density at radius 2 is 1.63 bits per heavy atom. The number of hydrogen-bond acceptors (Lipinski definition) is 8. The summed E-state index contributed by atoms with van der Waals surface area (Å²) in [6.07, 6.45) is 6.81. The Morgan fingerprint density at radius 3 is 2.29 bits per heavy atom. The van der Waals surface area contributed by atoms with E-state index >= 15 is 14.0 Å². The van der Waals surface area contributed by atoms with Crippen molar-refractivity contribution in [2.24, 2.45) is 5.41 Å². The minimum atomic E-state index is -1.59. The number of anilines is 1. The number of fused-ring (bicyclic) bond motifs is 3.